The number of carbonyl (C=O) groups is 2. The molecule has 2 heterocycles. The molecular formula is C13H9N3O4S. The number of nitrogens with zero attached hydrogens (tertiary/aromatic N) is 1. The Labute approximate surface area is 121 Å². The van der Waals surface area contributed by atoms with Gasteiger partial charge >= 0.3 is 6.16 Å². The molecule has 0 fully saturated rings. The molecular weight excluding hydrogens is 294 g/mol. The molecule has 0 aliphatic rings. The number of amides is 1. The highest BCUT2D eigenvalue weighted by Gasteiger charge is 2.16. The first kappa shape index (κ1) is 13.1. The van der Waals surface area contributed by atoms with E-state index in [1.807, 2.05) is 0 Å². The minimum Gasteiger partial charge on any atom is -0.449 e. The maximum atomic E-state index is 11.5. The van der Waals surface area contributed by atoms with Gasteiger partial charge in [-0.1, -0.05) is 0 Å². The number of anilines is 1. The average Bonchev–Trinajstić information content (AvgIpc) is 2.76. The molecule has 3 aromatic rings. The zero-order chi connectivity index (χ0) is 15.1. The monoisotopic (exact) mass is 303 g/mol. The number of nitrogens with two attached hydrogens (primary N) is 2. The van der Waals surface area contributed by atoms with Gasteiger partial charge in [0.25, 0.3) is 5.91 Å². The molecule has 7 nitrogen and oxygen atoms in total. The van der Waals surface area contributed by atoms with Crippen LogP contribution in [0.4, 0.5) is 10.6 Å². The van der Waals surface area contributed by atoms with Crippen LogP contribution in [0.3, 0.4) is 0 Å². The number of primary amides is 1. The first-order chi connectivity index (χ1) is 9.97. The van der Waals surface area contributed by atoms with Crippen LogP contribution in [0.5, 0.6) is 5.75 Å². The van der Waals surface area contributed by atoms with Crippen molar-refractivity contribution in [1.29, 1.82) is 0 Å². The van der Waals surface area contributed by atoms with Crippen molar-refractivity contribution >= 4 is 49.4 Å². The number of carboxylic acid groups (broad SMARTS) is 1. The lowest BCUT2D eigenvalue weighted by atomic mass is 10.1. The zero-order valence-corrected chi connectivity index (χ0v) is 11.3. The summed E-state index contributed by atoms with van der Waals surface area (Å²) in [6.07, 6.45) is -0.0567. The van der Waals surface area contributed by atoms with Gasteiger partial charge in [-0.3, -0.25) is 4.79 Å². The van der Waals surface area contributed by atoms with Crippen molar-refractivity contribution in [3.05, 3.63) is 30.0 Å². The van der Waals surface area contributed by atoms with Gasteiger partial charge in [0.15, 0.2) is 0 Å². The van der Waals surface area contributed by atoms with Crippen LogP contribution in [0.25, 0.3) is 20.2 Å². The fourth-order valence-corrected chi connectivity index (χ4v) is 3.37. The van der Waals surface area contributed by atoms with Gasteiger partial charge in [0.1, 0.15) is 11.6 Å². The molecule has 8 heteroatoms. The molecule has 0 radical (unpaired) electrons. The molecule has 3 rings (SSSR count). The van der Waals surface area contributed by atoms with Crippen molar-refractivity contribution in [2.24, 2.45) is 5.73 Å². The summed E-state index contributed by atoms with van der Waals surface area (Å²) in [5.41, 5.74) is 11.5. The summed E-state index contributed by atoms with van der Waals surface area (Å²) >= 11 is 1.28. The number of thiophene rings is 1. The van der Waals surface area contributed by atoms with Crippen LogP contribution in [0.15, 0.2) is 24.4 Å². The number of carbonyl (C=O) groups excluding carboxylic acids is 1. The Hall–Kier alpha value is -2.87. The molecule has 5 N–H and O–H groups in total. The zero-order valence-electron chi connectivity index (χ0n) is 10.5. The first-order valence-electron chi connectivity index (χ1n) is 5.78. The van der Waals surface area contributed by atoms with Crippen molar-refractivity contribution in [3.8, 4) is 5.75 Å². The summed E-state index contributed by atoms with van der Waals surface area (Å²) < 4.78 is 5.96. The van der Waals surface area contributed by atoms with E-state index in [0.29, 0.717) is 10.1 Å². The fraction of sp³-hybridized carbons (Fsp3) is 0. The molecule has 21 heavy (non-hydrogen) atoms. The maximum absolute atomic E-state index is 11.5. The SMILES string of the molecule is NC(=O)c1cnc(N)c2c1sc1cc(OC(=O)O)ccc12. The number of hydrogen-bond donors (Lipinski definition) is 3. The van der Waals surface area contributed by atoms with E-state index in [1.165, 1.54) is 23.6 Å². The third kappa shape index (κ3) is 2.11. The van der Waals surface area contributed by atoms with E-state index in [4.69, 9.17) is 16.6 Å². The highest BCUT2D eigenvalue weighted by Crippen LogP contribution is 2.39. The second-order valence-electron chi connectivity index (χ2n) is 4.25. The third-order valence-electron chi connectivity index (χ3n) is 2.97. The van der Waals surface area contributed by atoms with Crippen molar-refractivity contribution < 1.29 is 19.4 Å². The summed E-state index contributed by atoms with van der Waals surface area (Å²) in [7, 11) is 0. The van der Waals surface area contributed by atoms with E-state index in [0.717, 1.165) is 10.1 Å². The summed E-state index contributed by atoms with van der Waals surface area (Å²) in [5, 5.41) is 10.0. The summed E-state index contributed by atoms with van der Waals surface area (Å²) in [6, 6.07) is 4.76. The van der Waals surface area contributed by atoms with Gasteiger partial charge in [-0.05, 0) is 18.2 Å². The highest BCUT2D eigenvalue weighted by molar-refractivity contribution is 7.26. The normalized spacial score (nSPS) is 10.9. The third-order valence-corrected chi connectivity index (χ3v) is 4.15. The predicted molar refractivity (Wildman–Crippen MR) is 78.7 cm³/mol. The van der Waals surface area contributed by atoms with Gasteiger partial charge in [-0.2, -0.15) is 0 Å². The van der Waals surface area contributed by atoms with E-state index in [1.54, 1.807) is 12.1 Å². The molecule has 0 aliphatic carbocycles. The van der Waals surface area contributed by atoms with Crippen LogP contribution in [-0.4, -0.2) is 22.2 Å². The van der Waals surface area contributed by atoms with Crippen molar-refractivity contribution in [1.82, 2.24) is 4.98 Å². The number of aromatic nitrogens is 1. The molecule has 1 amide bonds. The largest absolute Gasteiger partial charge is 0.511 e. The molecule has 0 atom stereocenters. The van der Waals surface area contributed by atoms with Crippen LogP contribution < -0.4 is 16.2 Å². The van der Waals surface area contributed by atoms with Crippen molar-refractivity contribution in [2.45, 2.75) is 0 Å². The second-order valence-corrected chi connectivity index (χ2v) is 5.31. The Bertz CT molecular complexity index is 903. The van der Waals surface area contributed by atoms with Gasteiger partial charge in [0.2, 0.25) is 0 Å². The molecule has 0 unspecified atom stereocenters. The predicted octanol–water partition coefficient (Wildman–Crippen LogP) is 2.19. The topological polar surface area (TPSA) is 129 Å². The number of rotatable bonds is 2. The van der Waals surface area contributed by atoms with Crippen LogP contribution in [0.1, 0.15) is 10.4 Å². The Kier molecular flexibility index (Phi) is 2.88. The Morgan fingerprint density at radius 2 is 2.10 bits per heavy atom. The molecule has 1 aromatic carbocycles. The lowest BCUT2D eigenvalue weighted by Gasteiger charge is -2.01. The number of fused-ring (bicyclic) bond motifs is 3. The summed E-state index contributed by atoms with van der Waals surface area (Å²) in [5.74, 6) is -0.122. The molecule has 0 aliphatic heterocycles. The van der Waals surface area contributed by atoms with Gasteiger partial charge in [0.05, 0.1) is 10.3 Å². The van der Waals surface area contributed by atoms with E-state index in [9.17, 15) is 9.59 Å². The number of ether oxygens (including phenoxy) is 1. The highest BCUT2D eigenvalue weighted by atomic mass is 32.1. The van der Waals surface area contributed by atoms with Crippen molar-refractivity contribution in [2.75, 3.05) is 5.73 Å². The van der Waals surface area contributed by atoms with Crippen LogP contribution in [-0.2, 0) is 0 Å². The van der Waals surface area contributed by atoms with Gasteiger partial charge in [-0.15, -0.1) is 11.3 Å². The minimum absolute atomic E-state index is 0.189. The van der Waals surface area contributed by atoms with E-state index in [2.05, 4.69) is 9.72 Å². The second kappa shape index (κ2) is 4.60. The minimum atomic E-state index is -1.39. The molecule has 0 spiro atoms. The van der Waals surface area contributed by atoms with E-state index in [-0.39, 0.29) is 17.1 Å². The average molecular weight is 303 g/mol. The fourth-order valence-electron chi connectivity index (χ4n) is 2.12. The molecule has 106 valence electrons. The first-order valence-corrected chi connectivity index (χ1v) is 6.60. The van der Waals surface area contributed by atoms with E-state index < -0.39 is 12.1 Å². The van der Waals surface area contributed by atoms with Gasteiger partial charge < -0.3 is 21.3 Å². The van der Waals surface area contributed by atoms with Crippen LogP contribution >= 0.6 is 11.3 Å². The van der Waals surface area contributed by atoms with Crippen molar-refractivity contribution in [3.63, 3.8) is 0 Å². The smallest absolute Gasteiger partial charge is 0.449 e. The molecule has 0 saturated carbocycles. The Morgan fingerprint density at radius 1 is 1.33 bits per heavy atom. The molecule has 0 bridgehead atoms. The number of benzene rings is 1. The number of hydrogen-bond acceptors (Lipinski definition) is 6. The van der Waals surface area contributed by atoms with Crippen LogP contribution in [0, 0.1) is 0 Å². The Morgan fingerprint density at radius 3 is 2.76 bits per heavy atom. The maximum Gasteiger partial charge on any atom is 0.511 e. The van der Waals surface area contributed by atoms with Gasteiger partial charge in [0, 0.05) is 21.7 Å². The van der Waals surface area contributed by atoms with Gasteiger partial charge in [-0.25, -0.2) is 9.78 Å². The number of nitrogen functional groups attached to an aromatic ring is 1. The lowest BCUT2D eigenvalue weighted by Crippen LogP contribution is -2.11. The van der Waals surface area contributed by atoms with E-state index >= 15 is 0 Å². The molecule has 0 saturated heterocycles. The summed E-state index contributed by atoms with van der Waals surface area (Å²) in [6.45, 7) is 0. The van der Waals surface area contributed by atoms with Crippen LogP contribution in [0.2, 0.25) is 0 Å². The standard InChI is InChI=1S/C13H9N3O4S/c14-11-9-6-2-1-5(20-13(18)19)3-8(6)21-10(9)7(4-16-11)12(15)17/h1-4H,(H2,14,16)(H2,15,17)(H,18,19). The quantitative estimate of drug-likeness (QED) is 0.491. The number of pyridine rings is 1. The lowest BCUT2D eigenvalue weighted by molar-refractivity contribution is 0.100. The molecule has 2 aromatic heterocycles. The Balaban J connectivity index is 2.33. The summed E-state index contributed by atoms with van der Waals surface area (Å²) in [4.78, 5) is 26.0.